The van der Waals surface area contributed by atoms with Gasteiger partial charge in [-0.05, 0) is 51.6 Å². The number of amides is 1. The molecule has 20 heavy (non-hydrogen) atoms. The van der Waals surface area contributed by atoms with E-state index < -0.39 is 11.4 Å². The third-order valence-electron chi connectivity index (χ3n) is 4.90. The fourth-order valence-corrected chi connectivity index (χ4v) is 3.43. The maximum Gasteiger partial charge on any atom is 0.311 e. The lowest BCUT2D eigenvalue weighted by atomic mass is 9.71. The summed E-state index contributed by atoms with van der Waals surface area (Å²) in [7, 11) is 0. The molecule has 2 rings (SSSR count). The molecule has 1 aliphatic heterocycles. The SMILES string of the molecule is CC1(C(=O)O)CCCCC1NC(=O)CC1CCCNC1. The highest BCUT2D eigenvalue weighted by Gasteiger charge is 2.43. The van der Waals surface area contributed by atoms with Gasteiger partial charge >= 0.3 is 5.97 Å². The normalized spacial score (nSPS) is 34.5. The maximum absolute atomic E-state index is 12.2. The third kappa shape index (κ3) is 3.51. The molecule has 1 heterocycles. The van der Waals surface area contributed by atoms with E-state index in [0.717, 1.165) is 45.2 Å². The zero-order chi connectivity index (χ0) is 14.6. The molecule has 3 N–H and O–H groups in total. The lowest BCUT2D eigenvalue weighted by molar-refractivity contribution is -0.152. The van der Waals surface area contributed by atoms with E-state index in [1.54, 1.807) is 6.92 Å². The van der Waals surface area contributed by atoms with Crippen LogP contribution in [-0.4, -0.2) is 36.1 Å². The summed E-state index contributed by atoms with van der Waals surface area (Å²) in [5.41, 5.74) is -0.807. The van der Waals surface area contributed by atoms with Crippen LogP contribution in [0.2, 0.25) is 0 Å². The molecule has 2 fully saturated rings. The number of hydrogen-bond acceptors (Lipinski definition) is 3. The smallest absolute Gasteiger partial charge is 0.311 e. The van der Waals surface area contributed by atoms with Gasteiger partial charge in [-0.2, -0.15) is 0 Å². The highest BCUT2D eigenvalue weighted by Crippen LogP contribution is 2.36. The van der Waals surface area contributed by atoms with Gasteiger partial charge in [0, 0.05) is 12.5 Å². The van der Waals surface area contributed by atoms with Crippen LogP contribution in [0.4, 0.5) is 0 Å². The van der Waals surface area contributed by atoms with Crippen molar-refractivity contribution >= 4 is 11.9 Å². The van der Waals surface area contributed by atoms with E-state index in [1.165, 1.54) is 0 Å². The van der Waals surface area contributed by atoms with Gasteiger partial charge in [-0.15, -0.1) is 0 Å². The molecular formula is C15H26N2O3. The monoisotopic (exact) mass is 282 g/mol. The molecule has 0 aromatic carbocycles. The van der Waals surface area contributed by atoms with Crippen LogP contribution in [0.25, 0.3) is 0 Å². The van der Waals surface area contributed by atoms with Crippen molar-refractivity contribution in [2.24, 2.45) is 11.3 Å². The maximum atomic E-state index is 12.2. The average Bonchev–Trinajstić information content (AvgIpc) is 2.42. The number of piperidine rings is 1. The summed E-state index contributed by atoms with van der Waals surface area (Å²) < 4.78 is 0. The van der Waals surface area contributed by atoms with Crippen LogP contribution in [0.1, 0.15) is 51.9 Å². The topological polar surface area (TPSA) is 78.4 Å². The quantitative estimate of drug-likeness (QED) is 0.730. The number of carboxylic acid groups (broad SMARTS) is 1. The first-order valence-electron chi connectivity index (χ1n) is 7.76. The van der Waals surface area contributed by atoms with Crippen LogP contribution >= 0.6 is 0 Å². The van der Waals surface area contributed by atoms with Crippen LogP contribution in [0.3, 0.4) is 0 Å². The number of carbonyl (C=O) groups excluding carboxylic acids is 1. The van der Waals surface area contributed by atoms with Crippen molar-refractivity contribution in [3.05, 3.63) is 0 Å². The Kier molecular flexibility index (Phi) is 5.02. The van der Waals surface area contributed by atoms with E-state index in [9.17, 15) is 14.7 Å². The van der Waals surface area contributed by atoms with Crippen LogP contribution in [-0.2, 0) is 9.59 Å². The molecule has 5 heteroatoms. The predicted octanol–water partition coefficient (Wildman–Crippen LogP) is 1.53. The van der Waals surface area contributed by atoms with Gasteiger partial charge in [0.2, 0.25) is 5.91 Å². The number of hydrogen-bond donors (Lipinski definition) is 3. The first-order chi connectivity index (χ1) is 9.52. The number of carbonyl (C=O) groups is 2. The number of aliphatic carboxylic acids is 1. The minimum absolute atomic E-state index is 0.0121. The Balaban J connectivity index is 1.89. The van der Waals surface area contributed by atoms with Gasteiger partial charge in [0.25, 0.3) is 0 Å². The minimum Gasteiger partial charge on any atom is -0.481 e. The van der Waals surface area contributed by atoms with Crippen LogP contribution in [0.5, 0.6) is 0 Å². The van der Waals surface area contributed by atoms with Gasteiger partial charge in [0.1, 0.15) is 0 Å². The molecule has 1 saturated heterocycles. The molecule has 1 saturated carbocycles. The Bertz CT molecular complexity index is 366. The number of carboxylic acids is 1. The summed E-state index contributed by atoms with van der Waals surface area (Å²) in [6, 6.07) is -0.224. The Hall–Kier alpha value is -1.10. The summed E-state index contributed by atoms with van der Waals surface area (Å²) in [6.07, 6.45) is 6.07. The molecule has 1 aliphatic carbocycles. The van der Waals surface area contributed by atoms with E-state index in [4.69, 9.17) is 0 Å². The molecule has 0 radical (unpaired) electrons. The third-order valence-corrected chi connectivity index (χ3v) is 4.90. The van der Waals surface area contributed by atoms with E-state index in [1.807, 2.05) is 0 Å². The summed E-state index contributed by atoms with van der Waals surface area (Å²) in [5.74, 6) is -0.386. The van der Waals surface area contributed by atoms with Crippen molar-refractivity contribution in [2.45, 2.75) is 57.9 Å². The minimum atomic E-state index is -0.807. The van der Waals surface area contributed by atoms with Crippen LogP contribution in [0, 0.1) is 11.3 Å². The van der Waals surface area contributed by atoms with Crippen LogP contribution < -0.4 is 10.6 Å². The predicted molar refractivity (Wildman–Crippen MR) is 76.4 cm³/mol. The number of rotatable bonds is 4. The lowest BCUT2D eigenvalue weighted by Crippen LogP contribution is -2.52. The average molecular weight is 282 g/mol. The zero-order valence-electron chi connectivity index (χ0n) is 12.3. The summed E-state index contributed by atoms with van der Waals surface area (Å²) in [6.45, 7) is 3.70. The Morgan fingerprint density at radius 1 is 1.30 bits per heavy atom. The molecule has 0 aromatic rings. The summed E-state index contributed by atoms with van der Waals surface area (Å²) >= 11 is 0. The zero-order valence-corrected chi connectivity index (χ0v) is 12.3. The molecule has 1 amide bonds. The first-order valence-corrected chi connectivity index (χ1v) is 7.76. The van der Waals surface area contributed by atoms with E-state index in [-0.39, 0.29) is 11.9 Å². The Morgan fingerprint density at radius 3 is 2.75 bits per heavy atom. The van der Waals surface area contributed by atoms with Gasteiger partial charge in [0.05, 0.1) is 5.41 Å². The second-order valence-corrected chi connectivity index (χ2v) is 6.51. The van der Waals surface area contributed by atoms with Crippen LogP contribution in [0.15, 0.2) is 0 Å². The lowest BCUT2D eigenvalue weighted by Gasteiger charge is -2.38. The second kappa shape index (κ2) is 6.57. The fraction of sp³-hybridized carbons (Fsp3) is 0.867. The van der Waals surface area contributed by atoms with E-state index >= 15 is 0 Å². The van der Waals surface area contributed by atoms with Gasteiger partial charge in [0.15, 0.2) is 0 Å². The van der Waals surface area contributed by atoms with Crippen molar-refractivity contribution in [1.82, 2.24) is 10.6 Å². The van der Waals surface area contributed by atoms with Crippen molar-refractivity contribution in [1.29, 1.82) is 0 Å². The molecule has 2 aliphatic rings. The molecule has 114 valence electrons. The highest BCUT2D eigenvalue weighted by molar-refractivity contribution is 5.80. The largest absolute Gasteiger partial charge is 0.481 e. The second-order valence-electron chi connectivity index (χ2n) is 6.51. The fourth-order valence-electron chi connectivity index (χ4n) is 3.43. The molecule has 3 atom stereocenters. The molecule has 5 nitrogen and oxygen atoms in total. The molecule has 3 unspecified atom stereocenters. The van der Waals surface area contributed by atoms with Crippen molar-refractivity contribution in [3.8, 4) is 0 Å². The van der Waals surface area contributed by atoms with E-state index in [2.05, 4.69) is 10.6 Å². The molecular weight excluding hydrogens is 256 g/mol. The molecule has 0 bridgehead atoms. The number of nitrogens with one attached hydrogen (secondary N) is 2. The summed E-state index contributed by atoms with van der Waals surface area (Å²) in [5, 5.41) is 15.7. The van der Waals surface area contributed by atoms with Gasteiger partial charge in [-0.25, -0.2) is 0 Å². The summed E-state index contributed by atoms with van der Waals surface area (Å²) in [4.78, 5) is 23.7. The van der Waals surface area contributed by atoms with Crippen molar-refractivity contribution < 1.29 is 14.7 Å². The van der Waals surface area contributed by atoms with E-state index in [0.29, 0.717) is 18.8 Å². The van der Waals surface area contributed by atoms with Gasteiger partial charge in [-0.3, -0.25) is 9.59 Å². The Morgan fingerprint density at radius 2 is 2.10 bits per heavy atom. The molecule has 0 aromatic heterocycles. The van der Waals surface area contributed by atoms with Crippen molar-refractivity contribution in [3.63, 3.8) is 0 Å². The van der Waals surface area contributed by atoms with Crippen molar-refractivity contribution in [2.75, 3.05) is 13.1 Å². The Labute approximate surface area is 120 Å². The highest BCUT2D eigenvalue weighted by atomic mass is 16.4. The van der Waals surface area contributed by atoms with Gasteiger partial charge in [-0.1, -0.05) is 12.8 Å². The first kappa shape index (κ1) is 15.3. The molecule has 0 spiro atoms. The standard InChI is InChI=1S/C15H26N2O3/c1-15(14(19)20)7-3-2-6-12(15)17-13(18)9-11-5-4-8-16-10-11/h11-12,16H,2-10H2,1H3,(H,17,18)(H,19,20). The van der Waals surface area contributed by atoms with Gasteiger partial charge < -0.3 is 15.7 Å².